The lowest BCUT2D eigenvalue weighted by Gasteiger charge is -2.38. The normalized spacial score (nSPS) is 20.5. The van der Waals surface area contributed by atoms with E-state index in [9.17, 15) is 9.59 Å². The van der Waals surface area contributed by atoms with Crippen molar-refractivity contribution >= 4 is 11.9 Å². The molecule has 21 heavy (non-hydrogen) atoms. The zero-order valence-corrected chi connectivity index (χ0v) is 13.5. The molecular formula is C16H29N3O2. The van der Waals surface area contributed by atoms with Gasteiger partial charge in [-0.25, -0.2) is 4.79 Å². The van der Waals surface area contributed by atoms with Crippen LogP contribution in [0, 0.1) is 5.92 Å². The van der Waals surface area contributed by atoms with Crippen LogP contribution in [0.5, 0.6) is 0 Å². The summed E-state index contributed by atoms with van der Waals surface area (Å²) in [6, 6.07) is 0.116. The first kappa shape index (κ1) is 16.1. The average Bonchev–Trinajstić information content (AvgIpc) is 2.56. The molecule has 0 aromatic rings. The minimum Gasteiger partial charge on any atom is -0.339 e. The van der Waals surface area contributed by atoms with Gasteiger partial charge in [-0.2, -0.15) is 0 Å². The maximum Gasteiger partial charge on any atom is 0.320 e. The fourth-order valence-corrected chi connectivity index (χ4v) is 3.42. The third-order valence-electron chi connectivity index (χ3n) is 4.85. The second-order valence-corrected chi connectivity index (χ2v) is 6.10. The molecule has 0 atom stereocenters. The number of hydrogen-bond acceptors (Lipinski definition) is 2. The maximum atomic E-state index is 12.5. The van der Waals surface area contributed by atoms with Crippen molar-refractivity contribution in [2.24, 2.45) is 5.92 Å². The van der Waals surface area contributed by atoms with Crippen molar-refractivity contribution in [1.29, 1.82) is 0 Å². The Hall–Kier alpha value is -1.26. The van der Waals surface area contributed by atoms with Gasteiger partial charge in [-0.3, -0.25) is 4.79 Å². The summed E-state index contributed by atoms with van der Waals surface area (Å²) >= 11 is 0. The second-order valence-electron chi connectivity index (χ2n) is 6.10. The Morgan fingerprint density at radius 2 is 1.43 bits per heavy atom. The fraction of sp³-hybridized carbons (Fsp3) is 0.875. The molecule has 1 heterocycles. The van der Waals surface area contributed by atoms with Crippen LogP contribution >= 0.6 is 0 Å². The van der Waals surface area contributed by atoms with E-state index in [0.717, 1.165) is 25.9 Å². The highest BCUT2D eigenvalue weighted by atomic mass is 16.2. The second kappa shape index (κ2) is 7.66. The number of urea groups is 1. The Bertz CT molecular complexity index is 355. The van der Waals surface area contributed by atoms with E-state index in [1.807, 2.05) is 28.5 Å². The van der Waals surface area contributed by atoms with Gasteiger partial charge in [0.15, 0.2) is 0 Å². The molecule has 1 saturated heterocycles. The molecule has 0 spiro atoms. The molecule has 1 aliphatic heterocycles. The monoisotopic (exact) mass is 295 g/mol. The highest BCUT2D eigenvalue weighted by Gasteiger charge is 2.30. The van der Waals surface area contributed by atoms with Crippen molar-refractivity contribution in [2.75, 3.05) is 39.3 Å². The van der Waals surface area contributed by atoms with Crippen LogP contribution in [0.15, 0.2) is 0 Å². The third-order valence-corrected chi connectivity index (χ3v) is 4.85. The van der Waals surface area contributed by atoms with Crippen molar-refractivity contribution < 1.29 is 9.59 Å². The Kier molecular flexibility index (Phi) is 5.88. The minimum absolute atomic E-state index is 0.116. The Labute approximate surface area is 128 Å². The standard InChI is InChI=1S/C16H29N3O2/c1-3-17(4-2)16(21)19-12-10-18(11-13-19)15(20)14-8-6-5-7-9-14/h14H,3-13H2,1-2H3. The Morgan fingerprint density at radius 3 is 1.95 bits per heavy atom. The van der Waals surface area contributed by atoms with Gasteiger partial charge in [-0.1, -0.05) is 19.3 Å². The maximum absolute atomic E-state index is 12.5. The summed E-state index contributed by atoms with van der Waals surface area (Å²) in [5, 5.41) is 0. The first-order valence-electron chi connectivity index (χ1n) is 8.50. The van der Waals surface area contributed by atoms with Crippen molar-refractivity contribution in [3.63, 3.8) is 0 Å². The van der Waals surface area contributed by atoms with E-state index >= 15 is 0 Å². The molecule has 2 rings (SSSR count). The fourth-order valence-electron chi connectivity index (χ4n) is 3.42. The number of carbonyl (C=O) groups is 2. The number of piperazine rings is 1. The molecule has 0 radical (unpaired) electrons. The first-order chi connectivity index (χ1) is 10.2. The SMILES string of the molecule is CCN(CC)C(=O)N1CCN(C(=O)C2CCCCC2)CC1. The van der Waals surface area contributed by atoms with Gasteiger partial charge < -0.3 is 14.7 Å². The highest BCUT2D eigenvalue weighted by Crippen LogP contribution is 2.25. The van der Waals surface area contributed by atoms with Gasteiger partial charge in [0.1, 0.15) is 0 Å². The molecule has 3 amide bonds. The summed E-state index contributed by atoms with van der Waals surface area (Å²) < 4.78 is 0. The third kappa shape index (κ3) is 3.89. The average molecular weight is 295 g/mol. The molecule has 0 aromatic heterocycles. The number of nitrogens with zero attached hydrogens (tertiary/aromatic N) is 3. The van der Waals surface area contributed by atoms with E-state index in [2.05, 4.69) is 0 Å². The molecule has 5 heteroatoms. The van der Waals surface area contributed by atoms with E-state index in [4.69, 9.17) is 0 Å². The first-order valence-corrected chi connectivity index (χ1v) is 8.50. The van der Waals surface area contributed by atoms with Gasteiger partial charge in [0, 0.05) is 45.2 Å². The van der Waals surface area contributed by atoms with Crippen LogP contribution < -0.4 is 0 Å². The van der Waals surface area contributed by atoms with Crippen molar-refractivity contribution in [3.8, 4) is 0 Å². The van der Waals surface area contributed by atoms with E-state index in [1.54, 1.807) is 0 Å². The lowest BCUT2D eigenvalue weighted by atomic mass is 9.88. The molecule has 0 bridgehead atoms. The van der Waals surface area contributed by atoms with Crippen LogP contribution in [0.1, 0.15) is 46.0 Å². The number of amides is 3. The summed E-state index contributed by atoms with van der Waals surface area (Å²) in [5.41, 5.74) is 0. The highest BCUT2D eigenvalue weighted by molar-refractivity contribution is 5.79. The van der Waals surface area contributed by atoms with Crippen molar-refractivity contribution in [2.45, 2.75) is 46.0 Å². The topological polar surface area (TPSA) is 43.9 Å². The molecule has 5 nitrogen and oxygen atoms in total. The summed E-state index contributed by atoms with van der Waals surface area (Å²) in [6.07, 6.45) is 5.76. The lowest BCUT2D eigenvalue weighted by molar-refractivity contribution is -0.138. The van der Waals surface area contributed by atoms with E-state index in [-0.39, 0.29) is 11.9 Å². The molecule has 1 saturated carbocycles. The molecule has 0 unspecified atom stereocenters. The zero-order valence-electron chi connectivity index (χ0n) is 13.5. The number of rotatable bonds is 3. The molecule has 0 aromatic carbocycles. The number of carbonyl (C=O) groups excluding carboxylic acids is 2. The van der Waals surface area contributed by atoms with Gasteiger partial charge in [0.25, 0.3) is 0 Å². The minimum atomic E-state index is 0.116. The van der Waals surface area contributed by atoms with Crippen LogP contribution in [0.3, 0.4) is 0 Å². The van der Waals surface area contributed by atoms with Gasteiger partial charge >= 0.3 is 6.03 Å². The summed E-state index contributed by atoms with van der Waals surface area (Å²) in [7, 11) is 0. The molecule has 1 aliphatic carbocycles. The van der Waals surface area contributed by atoms with Crippen LogP contribution in [0.2, 0.25) is 0 Å². The Morgan fingerprint density at radius 1 is 0.905 bits per heavy atom. The van der Waals surface area contributed by atoms with Crippen LogP contribution in [-0.4, -0.2) is 65.9 Å². The molecule has 0 N–H and O–H groups in total. The molecular weight excluding hydrogens is 266 g/mol. The van der Waals surface area contributed by atoms with Crippen molar-refractivity contribution in [1.82, 2.24) is 14.7 Å². The van der Waals surface area contributed by atoms with Gasteiger partial charge in [-0.15, -0.1) is 0 Å². The predicted octanol–water partition coefficient (Wildman–Crippen LogP) is 2.17. The molecule has 120 valence electrons. The van der Waals surface area contributed by atoms with Crippen LogP contribution in [0.4, 0.5) is 4.79 Å². The molecule has 2 aliphatic rings. The van der Waals surface area contributed by atoms with Gasteiger partial charge in [0.2, 0.25) is 5.91 Å². The predicted molar refractivity (Wildman–Crippen MR) is 83.0 cm³/mol. The van der Waals surface area contributed by atoms with Crippen molar-refractivity contribution in [3.05, 3.63) is 0 Å². The van der Waals surface area contributed by atoms with Gasteiger partial charge in [-0.05, 0) is 26.7 Å². The largest absolute Gasteiger partial charge is 0.339 e. The Balaban J connectivity index is 1.82. The van der Waals surface area contributed by atoms with E-state index < -0.39 is 0 Å². The van der Waals surface area contributed by atoms with Crippen LogP contribution in [0.25, 0.3) is 0 Å². The van der Waals surface area contributed by atoms with E-state index in [0.29, 0.717) is 32.1 Å². The summed E-state index contributed by atoms with van der Waals surface area (Å²) in [4.78, 5) is 30.5. The smallest absolute Gasteiger partial charge is 0.320 e. The van der Waals surface area contributed by atoms with Gasteiger partial charge in [0.05, 0.1) is 0 Å². The van der Waals surface area contributed by atoms with Crippen LogP contribution in [-0.2, 0) is 4.79 Å². The summed E-state index contributed by atoms with van der Waals surface area (Å²) in [5.74, 6) is 0.563. The lowest BCUT2D eigenvalue weighted by Crippen LogP contribution is -2.55. The van der Waals surface area contributed by atoms with E-state index in [1.165, 1.54) is 19.3 Å². The molecule has 2 fully saturated rings. The quantitative estimate of drug-likeness (QED) is 0.801. The number of hydrogen-bond donors (Lipinski definition) is 0. The summed E-state index contributed by atoms with van der Waals surface area (Å²) in [6.45, 7) is 8.24. The zero-order chi connectivity index (χ0) is 15.2.